The molecule has 0 unspecified atom stereocenters. The first kappa shape index (κ1) is 21.2. The van der Waals surface area contributed by atoms with Crippen LogP contribution < -0.4 is 10.7 Å². The van der Waals surface area contributed by atoms with Gasteiger partial charge in [0.25, 0.3) is 0 Å². The van der Waals surface area contributed by atoms with Gasteiger partial charge in [0, 0.05) is 19.3 Å². The SMILES string of the molecule is CCCC[C@@H](/C=N/NC(=O)N(CC)CC)NC(=O)OC(C)(C)C. The van der Waals surface area contributed by atoms with E-state index >= 15 is 0 Å². The van der Waals surface area contributed by atoms with Crippen LogP contribution in [0.4, 0.5) is 9.59 Å². The largest absolute Gasteiger partial charge is 0.444 e. The highest BCUT2D eigenvalue weighted by Gasteiger charge is 2.18. The number of hydrogen-bond donors (Lipinski definition) is 2. The van der Waals surface area contributed by atoms with E-state index < -0.39 is 11.7 Å². The van der Waals surface area contributed by atoms with Crippen molar-refractivity contribution in [2.24, 2.45) is 5.10 Å². The summed E-state index contributed by atoms with van der Waals surface area (Å²) in [5, 5.41) is 6.72. The molecule has 1 atom stereocenters. The molecule has 0 spiro atoms. The third kappa shape index (κ3) is 10.5. The minimum absolute atomic E-state index is 0.252. The number of hydrogen-bond acceptors (Lipinski definition) is 4. The lowest BCUT2D eigenvalue weighted by molar-refractivity contribution is 0.0517. The third-order valence-electron chi connectivity index (χ3n) is 3.04. The first-order valence-corrected chi connectivity index (χ1v) is 8.31. The van der Waals surface area contributed by atoms with Crippen LogP contribution in [0.5, 0.6) is 0 Å². The van der Waals surface area contributed by atoms with Crippen molar-refractivity contribution in [1.29, 1.82) is 0 Å². The van der Waals surface area contributed by atoms with E-state index in [0.717, 1.165) is 19.3 Å². The van der Waals surface area contributed by atoms with E-state index in [9.17, 15) is 9.59 Å². The number of nitrogens with one attached hydrogen (secondary N) is 2. The van der Waals surface area contributed by atoms with Crippen molar-refractivity contribution in [1.82, 2.24) is 15.6 Å². The van der Waals surface area contributed by atoms with E-state index in [4.69, 9.17) is 4.74 Å². The van der Waals surface area contributed by atoms with Crippen LogP contribution in [-0.4, -0.2) is 48.0 Å². The molecular formula is C16H32N4O3. The van der Waals surface area contributed by atoms with Gasteiger partial charge in [-0.2, -0.15) is 5.10 Å². The fourth-order valence-corrected chi connectivity index (χ4v) is 1.83. The van der Waals surface area contributed by atoms with Gasteiger partial charge in [-0.15, -0.1) is 0 Å². The number of rotatable bonds is 8. The zero-order chi connectivity index (χ0) is 17.9. The van der Waals surface area contributed by atoms with E-state index in [1.165, 1.54) is 0 Å². The van der Waals surface area contributed by atoms with Gasteiger partial charge < -0.3 is 15.0 Å². The molecule has 0 bridgehead atoms. The highest BCUT2D eigenvalue weighted by molar-refractivity contribution is 5.78. The van der Waals surface area contributed by atoms with Crippen LogP contribution in [0.25, 0.3) is 0 Å². The Bertz CT molecular complexity index is 387. The van der Waals surface area contributed by atoms with Crippen molar-refractivity contribution >= 4 is 18.3 Å². The number of unbranched alkanes of at least 4 members (excludes halogenated alkanes) is 1. The third-order valence-corrected chi connectivity index (χ3v) is 3.04. The zero-order valence-electron chi connectivity index (χ0n) is 15.3. The van der Waals surface area contributed by atoms with E-state index in [1.54, 1.807) is 11.1 Å². The maximum absolute atomic E-state index is 11.8. The number of ether oxygens (including phenoxy) is 1. The molecule has 2 N–H and O–H groups in total. The number of urea groups is 1. The minimum Gasteiger partial charge on any atom is -0.444 e. The first-order chi connectivity index (χ1) is 10.7. The van der Waals surface area contributed by atoms with Crippen LogP contribution in [0.15, 0.2) is 5.10 Å². The van der Waals surface area contributed by atoms with Crippen molar-refractivity contribution in [3.63, 3.8) is 0 Å². The summed E-state index contributed by atoms with van der Waals surface area (Å²) in [6.45, 7) is 12.6. The minimum atomic E-state index is -0.548. The quantitative estimate of drug-likeness (QED) is 0.530. The second-order valence-corrected chi connectivity index (χ2v) is 6.26. The normalized spacial score (nSPS) is 12.8. The van der Waals surface area contributed by atoms with Gasteiger partial charge >= 0.3 is 12.1 Å². The summed E-state index contributed by atoms with van der Waals surface area (Å²) in [7, 11) is 0. The molecular weight excluding hydrogens is 296 g/mol. The average Bonchev–Trinajstić information content (AvgIpc) is 2.43. The predicted molar refractivity (Wildman–Crippen MR) is 92.6 cm³/mol. The fourth-order valence-electron chi connectivity index (χ4n) is 1.83. The summed E-state index contributed by atoms with van der Waals surface area (Å²) in [6.07, 6.45) is 3.74. The first-order valence-electron chi connectivity index (χ1n) is 8.31. The highest BCUT2D eigenvalue weighted by atomic mass is 16.6. The van der Waals surface area contributed by atoms with E-state index in [1.807, 2.05) is 34.6 Å². The predicted octanol–water partition coefficient (Wildman–Crippen LogP) is 3.11. The maximum atomic E-state index is 11.8. The number of carbonyl (C=O) groups is 2. The molecule has 0 aromatic carbocycles. The van der Waals surface area contributed by atoms with Gasteiger partial charge in [-0.05, 0) is 41.0 Å². The van der Waals surface area contributed by atoms with Gasteiger partial charge in [-0.1, -0.05) is 19.8 Å². The summed E-state index contributed by atoms with van der Waals surface area (Å²) in [4.78, 5) is 25.3. The summed E-state index contributed by atoms with van der Waals surface area (Å²) in [6, 6.07) is -0.528. The van der Waals surface area contributed by atoms with Gasteiger partial charge in [-0.3, -0.25) is 0 Å². The van der Waals surface area contributed by atoms with Gasteiger partial charge in [-0.25, -0.2) is 15.0 Å². The van der Waals surface area contributed by atoms with Crippen LogP contribution in [0, 0.1) is 0 Å². The molecule has 0 saturated heterocycles. The lowest BCUT2D eigenvalue weighted by Crippen LogP contribution is -2.41. The second kappa shape index (κ2) is 10.9. The number of nitrogens with zero attached hydrogens (tertiary/aromatic N) is 2. The zero-order valence-corrected chi connectivity index (χ0v) is 15.3. The number of hydrazone groups is 1. The second-order valence-electron chi connectivity index (χ2n) is 6.26. The molecule has 0 aliphatic heterocycles. The molecule has 23 heavy (non-hydrogen) atoms. The summed E-state index contributed by atoms with van der Waals surface area (Å²) < 4.78 is 5.24. The molecule has 7 nitrogen and oxygen atoms in total. The molecule has 0 aromatic rings. The Kier molecular flexibility index (Phi) is 10.0. The summed E-state index contributed by atoms with van der Waals surface area (Å²) >= 11 is 0. The van der Waals surface area contributed by atoms with Gasteiger partial charge in [0.1, 0.15) is 5.60 Å². The standard InChI is InChI=1S/C16H32N4O3/c1-7-10-11-13(18-15(22)23-16(4,5)6)12-17-19-14(21)20(8-2)9-3/h12-13H,7-11H2,1-6H3,(H,18,22)(H,19,21)/b17-12+/t13-/m0/s1. The van der Waals surface area contributed by atoms with Crippen molar-refractivity contribution < 1.29 is 14.3 Å². The molecule has 134 valence electrons. The Morgan fingerprint density at radius 2 is 1.83 bits per heavy atom. The van der Waals surface area contributed by atoms with Crippen LogP contribution >= 0.6 is 0 Å². The smallest absolute Gasteiger partial charge is 0.408 e. The van der Waals surface area contributed by atoms with Crippen molar-refractivity contribution in [3.8, 4) is 0 Å². The van der Waals surface area contributed by atoms with Gasteiger partial charge in [0.15, 0.2) is 0 Å². The Morgan fingerprint density at radius 3 is 2.30 bits per heavy atom. The molecule has 0 rings (SSSR count). The van der Waals surface area contributed by atoms with Gasteiger partial charge in [0.05, 0.1) is 6.04 Å². The average molecular weight is 328 g/mol. The Labute approximate surface area is 139 Å². The van der Waals surface area contributed by atoms with Gasteiger partial charge in [0.2, 0.25) is 0 Å². The number of alkyl carbamates (subject to hydrolysis) is 1. The molecule has 0 aliphatic rings. The summed E-state index contributed by atoms with van der Waals surface area (Å²) in [5.74, 6) is 0. The maximum Gasteiger partial charge on any atom is 0.408 e. The van der Waals surface area contributed by atoms with Crippen LogP contribution in [0.1, 0.15) is 60.8 Å². The highest BCUT2D eigenvalue weighted by Crippen LogP contribution is 2.07. The molecule has 0 aromatic heterocycles. The van der Waals surface area contributed by atoms with Crippen molar-refractivity contribution in [2.75, 3.05) is 13.1 Å². The molecule has 7 heteroatoms. The molecule has 3 amide bonds. The fraction of sp³-hybridized carbons (Fsp3) is 0.812. The molecule has 0 saturated carbocycles. The Balaban J connectivity index is 4.57. The molecule has 0 aliphatic carbocycles. The molecule has 0 fully saturated rings. The van der Waals surface area contributed by atoms with Crippen LogP contribution in [-0.2, 0) is 4.74 Å². The molecule has 0 radical (unpaired) electrons. The van der Waals surface area contributed by atoms with Crippen LogP contribution in [0.2, 0.25) is 0 Å². The lowest BCUT2D eigenvalue weighted by atomic mass is 10.1. The lowest BCUT2D eigenvalue weighted by Gasteiger charge is -2.22. The van der Waals surface area contributed by atoms with Crippen molar-refractivity contribution in [2.45, 2.75) is 72.4 Å². The van der Waals surface area contributed by atoms with E-state index in [2.05, 4.69) is 22.8 Å². The Hall–Kier alpha value is -1.79. The van der Waals surface area contributed by atoms with E-state index in [0.29, 0.717) is 13.1 Å². The Morgan fingerprint density at radius 1 is 1.22 bits per heavy atom. The van der Waals surface area contributed by atoms with Crippen molar-refractivity contribution in [3.05, 3.63) is 0 Å². The molecule has 0 heterocycles. The summed E-state index contributed by atoms with van der Waals surface area (Å²) in [5.41, 5.74) is 1.93. The topological polar surface area (TPSA) is 83.0 Å². The monoisotopic (exact) mass is 328 g/mol. The number of carbonyl (C=O) groups excluding carboxylic acids is 2. The van der Waals surface area contributed by atoms with Crippen LogP contribution in [0.3, 0.4) is 0 Å². The van der Waals surface area contributed by atoms with E-state index in [-0.39, 0.29) is 12.1 Å². The number of amides is 3.